The number of nitrogens with zero attached hydrogens (tertiary/aromatic N) is 2. The van der Waals surface area contributed by atoms with Gasteiger partial charge >= 0.3 is 12.2 Å². The van der Waals surface area contributed by atoms with Gasteiger partial charge in [0.15, 0.2) is 0 Å². The van der Waals surface area contributed by atoms with Gasteiger partial charge in [0.1, 0.15) is 0 Å². The Labute approximate surface area is 127 Å². The highest BCUT2D eigenvalue weighted by Gasteiger charge is 2.30. The van der Waals surface area contributed by atoms with Crippen LogP contribution in [0.4, 0.5) is 23.7 Å². The van der Waals surface area contributed by atoms with Gasteiger partial charge in [0.05, 0.1) is 5.56 Å². The van der Waals surface area contributed by atoms with Gasteiger partial charge in [-0.2, -0.15) is 13.2 Å². The summed E-state index contributed by atoms with van der Waals surface area (Å²) in [6.07, 6.45) is -2.55. The molecule has 0 atom stereocenters. The van der Waals surface area contributed by atoms with Gasteiger partial charge in [-0.25, -0.2) is 4.79 Å². The molecule has 22 heavy (non-hydrogen) atoms. The first kappa shape index (κ1) is 16.4. The van der Waals surface area contributed by atoms with Crippen LogP contribution < -0.4 is 5.32 Å². The van der Waals surface area contributed by atoms with E-state index < -0.39 is 11.7 Å². The molecule has 0 unspecified atom stereocenters. The second-order valence-corrected chi connectivity index (χ2v) is 5.08. The van der Waals surface area contributed by atoms with Gasteiger partial charge in [-0.15, -0.1) is 6.58 Å². The third-order valence-corrected chi connectivity index (χ3v) is 3.51. The van der Waals surface area contributed by atoms with Crippen molar-refractivity contribution in [2.24, 2.45) is 0 Å². The minimum Gasteiger partial charge on any atom is -0.322 e. The average Bonchev–Trinajstić information content (AvgIpc) is 2.48. The van der Waals surface area contributed by atoms with Crippen molar-refractivity contribution in [3.63, 3.8) is 0 Å². The Morgan fingerprint density at radius 1 is 1.18 bits per heavy atom. The largest absolute Gasteiger partial charge is 0.416 e. The van der Waals surface area contributed by atoms with Crippen LogP contribution in [0.25, 0.3) is 0 Å². The van der Waals surface area contributed by atoms with E-state index in [-0.39, 0.29) is 6.03 Å². The number of hydrogen-bond donors (Lipinski definition) is 1. The van der Waals surface area contributed by atoms with Crippen LogP contribution in [0, 0.1) is 0 Å². The number of halogens is 3. The van der Waals surface area contributed by atoms with Crippen molar-refractivity contribution < 1.29 is 18.0 Å². The fourth-order valence-corrected chi connectivity index (χ4v) is 2.26. The lowest BCUT2D eigenvalue weighted by atomic mass is 10.2. The van der Waals surface area contributed by atoms with Gasteiger partial charge in [-0.05, 0) is 24.3 Å². The Kier molecular flexibility index (Phi) is 5.07. The highest BCUT2D eigenvalue weighted by molar-refractivity contribution is 5.89. The molecular formula is C15H18F3N3O. The zero-order valence-electron chi connectivity index (χ0n) is 12.1. The summed E-state index contributed by atoms with van der Waals surface area (Å²) in [5.74, 6) is 0. The number of urea groups is 1. The summed E-state index contributed by atoms with van der Waals surface area (Å²) in [7, 11) is 0. The molecular weight excluding hydrogens is 295 g/mol. The summed E-state index contributed by atoms with van der Waals surface area (Å²) in [6.45, 7) is 7.14. The maximum atomic E-state index is 12.5. The van der Waals surface area contributed by atoms with Gasteiger partial charge < -0.3 is 10.2 Å². The molecule has 1 aliphatic rings. The Balaban J connectivity index is 1.88. The van der Waals surface area contributed by atoms with E-state index in [1.54, 1.807) is 4.90 Å². The molecule has 0 saturated carbocycles. The van der Waals surface area contributed by atoms with E-state index in [4.69, 9.17) is 0 Å². The number of benzene rings is 1. The first-order valence-electron chi connectivity index (χ1n) is 6.96. The molecule has 0 spiro atoms. The van der Waals surface area contributed by atoms with Crippen molar-refractivity contribution in [3.8, 4) is 0 Å². The Bertz CT molecular complexity index is 520. The quantitative estimate of drug-likeness (QED) is 0.871. The van der Waals surface area contributed by atoms with Crippen molar-refractivity contribution in [2.45, 2.75) is 6.18 Å². The molecule has 1 N–H and O–H groups in total. The van der Waals surface area contributed by atoms with Crippen LogP contribution in [0.2, 0.25) is 0 Å². The summed E-state index contributed by atoms with van der Waals surface area (Å²) in [5.41, 5.74) is -0.380. The van der Waals surface area contributed by atoms with Crippen molar-refractivity contribution in [2.75, 3.05) is 38.0 Å². The third kappa shape index (κ3) is 4.24. The second kappa shape index (κ2) is 6.83. The summed E-state index contributed by atoms with van der Waals surface area (Å²) < 4.78 is 37.4. The number of anilines is 1. The molecule has 2 rings (SSSR count). The minimum absolute atomic E-state index is 0.294. The molecule has 1 aromatic carbocycles. The molecule has 0 aromatic heterocycles. The molecule has 4 nitrogen and oxygen atoms in total. The summed E-state index contributed by atoms with van der Waals surface area (Å²) in [6, 6.07) is 4.14. The smallest absolute Gasteiger partial charge is 0.322 e. The van der Waals surface area contributed by atoms with E-state index in [0.717, 1.165) is 31.8 Å². The summed E-state index contributed by atoms with van der Waals surface area (Å²) in [4.78, 5) is 15.9. The van der Waals surface area contributed by atoms with Crippen molar-refractivity contribution in [1.82, 2.24) is 9.80 Å². The number of piperazine rings is 1. The molecule has 1 fully saturated rings. The topological polar surface area (TPSA) is 35.6 Å². The van der Waals surface area contributed by atoms with Crippen molar-refractivity contribution in [3.05, 3.63) is 42.5 Å². The molecule has 1 aliphatic heterocycles. The van der Waals surface area contributed by atoms with Crippen molar-refractivity contribution in [1.29, 1.82) is 0 Å². The number of carbonyl (C=O) groups excluding carboxylic acids is 1. The summed E-state index contributed by atoms with van der Waals surface area (Å²) >= 11 is 0. The van der Waals surface area contributed by atoms with E-state index in [1.165, 1.54) is 12.1 Å². The lowest BCUT2D eigenvalue weighted by molar-refractivity contribution is -0.137. The molecule has 2 amide bonds. The standard InChI is InChI=1S/C15H18F3N3O/c1-2-7-20-8-10-21(11-9-20)14(22)19-13-5-3-12(4-6-13)15(16,17)18/h2-6H,1,7-11H2,(H,19,22). The molecule has 0 aliphatic carbocycles. The van der Waals surface area contributed by atoms with Crippen LogP contribution in [0.3, 0.4) is 0 Å². The first-order chi connectivity index (χ1) is 10.4. The fraction of sp³-hybridized carbons (Fsp3) is 0.400. The number of hydrogen-bond acceptors (Lipinski definition) is 2. The van der Waals surface area contributed by atoms with Crippen LogP contribution in [-0.4, -0.2) is 48.6 Å². The lowest BCUT2D eigenvalue weighted by Crippen LogP contribution is -2.49. The molecule has 1 saturated heterocycles. The third-order valence-electron chi connectivity index (χ3n) is 3.51. The van der Waals surface area contributed by atoms with E-state index in [1.807, 2.05) is 6.08 Å². The Morgan fingerprint density at radius 2 is 1.77 bits per heavy atom. The van der Waals surface area contributed by atoms with Crippen LogP contribution in [-0.2, 0) is 6.18 Å². The van der Waals surface area contributed by atoms with Crippen molar-refractivity contribution >= 4 is 11.7 Å². The fourth-order valence-electron chi connectivity index (χ4n) is 2.26. The lowest BCUT2D eigenvalue weighted by Gasteiger charge is -2.34. The highest BCUT2D eigenvalue weighted by atomic mass is 19.4. The number of alkyl halides is 3. The minimum atomic E-state index is -4.37. The highest BCUT2D eigenvalue weighted by Crippen LogP contribution is 2.29. The van der Waals surface area contributed by atoms with E-state index in [0.29, 0.717) is 18.8 Å². The number of nitrogens with one attached hydrogen (secondary N) is 1. The average molecular weight is 313 g/mol. The predicted molar refractivity (Wildman–Crippen MR) is 78.7 cm³/mol. The van der Waals surface area contributed by atoms with E-state index in [2.05, 4.69) is 16.8 Å². The zero-order valence-corrected chi connectivity index (χ0v) is 12.1. The van der Waals surface area contributed by atoms with E-state index in [9.17, 15) is 18.0 Å². The number of carbonyl (C=O) groups is 1. The van der Waals surface area contributed by atoms with Crippen LogP contribution in [0.5, 0.6) is 0 Å². The Hall–Kier alpha value is -2.02. The number of rotatable bonds is 3. The van der Waals surface area contributed by atoms with Crippen LogP contribution >= 0.6 is 0 Å². The second-order valence-electron chi connectivity index (χ2n) is 5.08. The Morgan fingerprint density at radius 3 is 2.27 bits per heavy atom. The molecule has 0 radical (unpaired) electrons. The molecule has 0 bridgehead atoms. The first-order valence-corrected chi connectivity index (χ1v) is 6.96. The van der Waals surface area contributed by atoms with E-state index >= 15 is 0 Å². The SMILES string of the molecule is C=CCN1CCN(C(=O)Nc2ccc(C(F)(F)F)cc2)CC1. The van der Waals surface area contributed by atoms with Gasteiger partial charge in [0.25, 0.3) is 0 Å². The maximum Gasteiger partial charge on any atom is 0.416 e. The predicted octanol–water partition coefficient (Wildman–Crippen LogP) is 3.04. The molecule has 120 valence electrons. The van der Waals surface area contributed by atoms with Crippen LogP contribution in [0.15, 0.2) is 36.9 Å². The normalized spacial score (nSPS) is 16.4. The van der Waals surface area contributed by atoms with Gasteiger partial charge in [0.2, 0.25) is 0 Å². The molecule has 1 heterocycles. The zero-order chi connectivity index (χ0) is 16.2. The van der Waals surface area contributed by atoms with Gasteiger partial charge in [-0.1, -0.05) is 6.08 Å². The van der Waals surface area contributed by atoms with Crippen LogP contribution in [0.1, 0.15) is 5.56 Å². The number of amides is 2. The van der Waals surface area contributed by atoms with Gasteiger partial charge in [0, 0.05) is 38.4 Å². The molecule has 1 aromatic rings. The summed E-state index contributed by atoms with van der Waals surface area (Å²) in [5, 5.41) is 2.62. The molecule has 7 heteroatoms. The monoisotopic (exact) mass is 313 g/mol. The maximum absolute atomic E-state index is 12.5. The van der Waals surface area contributed by atoms with Gasteiger partial charge in [-0.3, -0.25) is 4.90 Å².